The predicted octanol–water partition coefficient (Wildman–Crippen LogP) is 14.3. The molecular weight excluding hydrogens is 1180 g/mol. The Labute approximate surface area is 538 Å². The molecule has 6 N–H and O–H groups in total. The van der Waals surface area contributed by atoms with Crippen LogP contribution in [-0.2, 0) is 65.7 Å². The number of amides is 2. The molecule has 0 bridgehead atoms. The van der Waals surface area contributed by atoms with Gasteiger partial charge in [0.1, 0.15) is 54.5 Å². The van der Waals surface area contributed by atoms with E-state index in [1.165, 1.54) is 64.9 Å². The maximum Gasteiger partial charge on any atom is 0.470 e. The van der Waals surface area contributed by atoms with Gasteiger partial charge >= 0.3 is 15.4 Å². The molecule has 2 unspecified atom stereocenters. The lowest BCUT2D eigenvalue weighted by atomic mass is 9.95. The molecule has 2 fully saturated rings. The molecule has 22 heteroatoms. The Morgan fingerprint density at radius 1 is 0.494 bits per heavy atom. The van der Waals surface area contributed by atoms with Gasteiger partial charge in [0, 0.05) is 46.9 Å². The Morgan fingerprint density at radius 2 is 0.955 bits per heavy atom. The van der Waals surface area contributed by atoms with E-state index in [4.69, 9.17) is 42.2 Å². The normalized spacial score (nSPS) is 23.4. The van der Waals surface area contributed by atoms with Crippen molar-refractivity contribution in [2.45, 2.75) is 352 Å². The SMILES string of the molecule is CCCCCC/C=C\CCCCCCCCCC(=O)N[C@H]1[C@H](OCC2O[C@H](OP(C)(=O)O)[C@H](NC(=O)CC(=O)CCCCCCCCCCC)[C@@H](OCCCCCCCCCC)[C@@H]2O)O[C@H](COC)[C@@H](OP(=O)(O)O)[C@@H]1OCC[C@@H](CCCCCCC)OC. The van der Waals surface area contributed by atoms with Gasteiger partial charge in [-0.2, -0.15) is 0 Å². The zero-order valence-corrected chi connectivity index (χ0v) is 58.3. The molecule has 524 valence electrons. The number of aliphatic hydroxyl groups is 1. The van der Waals surface area contributed by atoms with E-state index in [2.05, 4.69) is 50.5 Å². The third-order valence-corrected chi connectivity index (χ3v) is 18.0. The number of hydrogen-bond donors (Lipinski definition) is 6. The van der Waals surface area contributed by atoms with Crippen LogP contribution in [0.25, 0.3) is 0 Å². The average Bonchev–Trinajstić information content (AvgIpc) is 0.966. The quantitative estimate of drug-likeness (QED) is 0.0143. The van der Waals surface area contributed by atoms with Crippen LogP contribution in [0.1, 0.15) is 285 Å². The second-order valence-electron chi connectivity index (χ2n) is 25.1. The number of rotatable bonds is 59. The number of Topliss-reactive ketones (excluding diaryl/α,β-unsaturated/α-hetero) is 1. The van der Waals surface area contributed by atoms with E-state index in [0.717, 1.165) is 161 Å². The van der Waals surface area contributed by atoms with Gasteiger partial charge in [-0.05, 0) is 57.8 Å². The number of aliphatic hydroxyl groups excluding tert-OH is 1. The van der Waals surface area contributed by atoms with Crippen LogP contribution in [0.15, 0.2) is 12.2 Å². The fourth-order valence-electron chi connectivity index (χ4n) is 11.8. The molecule has 2 aliphatic rings. The summed E-state index contributed by atoms with van der Waals surface area (Å²) < 4.78 is 80.6. The summed E-state index contributed by atoms with van der Waals surface area (Å²) in [5.74, 6) is -1.36. The van der Waals surface area contributed by atoms with Gasteiger partial charge in [-0.3, -0.25) is 28.0 Å². The molecule has 0 aromatic carbocycles. The standard InChI is InChI=1S/C67H128N2O18P2/c1-8-12-16-20-23-26-27-28-29-30-31-33-35-39-43-47-58(71)68-61-65(82-50-48-55(80-6)46-42-37-19-15-11-4)63(86-89(76,77)78)57(52-79-5)85-66(61)83-53-56-62(73)64(81-49-44-40-36-25-22-18-14-10-3)60(67(84-56)87-88(7,74)75)69-59(72)51-54(70)45-41-38-34-32-24-21-17-13-9-2/h26-27,55-57,60-67,73H,8-25,28-53H2,1-7H3,(H,68,71)(H,69,72)(H,74,75)(H2,76,77,78)/b27-26-/t55-,56?,57-,60-,61-,62-,63-,64-,65-,66-,67-/m1/s1. The highest BCUT2D eigenvalue weighted by molar-refractivity contribution is 7.51. The zero-order valence-electron chi connectivity index (χ0n) is 56.5. The Bertz CT molecular complexity index is 1890. The van der Waals surface area contributed by atoms with Crippen LogP contribution in [0.2, 0.25) is 0 Å². The van der Waals surface area contributed by atoms with Crippen LogP contribution < -0.4 is 10.6 Å². The van der Waals surface area contributed by atoms with Gasteiger partial charge < -0.3 is 63.6 Å². The highest BCUT2D eigenvalue weighted by Gasteiger charge is 2.53. The molecule has 2 saturated heterocycles. The minimum atomic E-state index is -5.25. The van der Waals surface area contributed by atoms with Crippen molar-refractivity contribution < 1.29 is 85.5 Å². The molecule has 20 nitrogen and oxygen atoms in total. The first-order valence-electron chi connectivity index (χ1n) is 35.2. The van der Waals surface area contributed by atoms with Crippen LogP contribution >= 0.6 is 15.4 Å². The molecule has 0 aromatic rings. The van der Waals surface area contributed by atoms with Crippen molar-refractivity contribution in [2.24, 2.45) is 0 Å². The van der Waals surface area contributed by atoms with Crippen molar-refractivity contribution in [1.82, 2.24) is 10.6 Å². The molecule has 0 radical (unpaired) electrons. The van der Waals surface area contributed by atoms with Gasteiger partial charge in [0.15, 0.2) is 12.6 Å². The summed E-state index contributed by atoms with van der Waals surface area (Å²) in [4.78, 5) is 72.5. The van der Waals surface area contributed by atoms with E-state index in [1.807, 2.05) is 0 Å². The molecule has 0 aromatic heterocycles. The van der Waals surface area contributed by atoms with Crippen molar-refractivity contribution in [3.05, 3.63) is 12.2 Å². The van der Waals surface area contributed by atoms with Crippen molar-refractivity contribution >= 4 is 33.0 Å². The summed E-state index contributed by atoms with van der Waals surface area (Å²) in [7, 11) is -6.63. The summed E-state index contributed by atoms with van der Waals surface area (Å²) >= 11 is 0. The van der Waals surface area contributed by atoms with Crippen LogP contribution in [0.4, 0.5) is 0 Å². The summed E-state index contributed by atoms with van der Waals surface area (Å²) in [6, 6.07) is -2.64. The highest BCUT2D eigenvalue weighted by Crippen LogP contribution is 2.44. The molecular formula is C67H128N2O18P2. The number of ether oxygens (including phenoxy) is 7. The van der Waals surface area contributed by atoms with Crippen molar-refractivity contribution in [2.75, 3.05) is 47.3 Å². The Hall–Kier alpha value is -1.71. The molecule has 89 heavy (non-hydrogen) atoms. The van der Waals surface area contributed by atoms with Crippen molar-refractivity contribution in [1.29, 1.82) is 0 Å². The van der Waals surface area contributed by atoms with Crippen LogP contribution in [0, 0.1) is 0 Å². The Kier molecular flexibility index (Phi) is 49.2. The van der Waals surface area contributed by atoms with E-state index in [-0.39, 0.29) is 44.5 Å². The van der Waals surface area contributed by atoms with Crippen molar-refractivity contribution in [3.63, 3.8) is 0 Å². The van der Waals surface area contributed by atoms with Crippen molar-refractivity contribution in [3.8, 4) is 0 Å². The molecule has 2 rings (SSSR count). The van der Waals surface area contributed by atoms with E-state index < -0.39 is 102 Å². The van der Waals surface area contributed by atoms with E-state index in [9.17, 15) is 43.3 Å². The van der Waals surface area contributed by atoms with E-state index >= 15 is 0 Å². The molecule has 0 saturated carbocycles. The fourth-order valence-corrected chi connectivity index (χ4v) is 12.9. The topological polar surface area (TPSA) is 273 Å². The van der Waals surface area contributed by atoms with Crippen LogP contribution in [0.5, 0.6) is 0 Å². The maximum atomic E-state index is 14.2. The van der Waals surface area contributed by atoms with Gasteiger partial charge in [-0.15, -0.1) is 0 Å². The largest absolute Gasteiger partial charge is 0.470 e. The first-order valence-corrected chi connectivity index (χ1v) is 38.8. The second-order valence-corrected chi connectivity index (χ2v) is 28.2. The maximum absolute atomic E-state index is 14.2. The third-order valence-electron chi connectivity index (χ3n) is 16.9. The summed E-state index contributed by atoms with van der Waals surface area (Å²) in [5.41, 5.74) is 0. The van der Waals surface area contributed by atoms with E-state index in [1.54, 1.807) is 7.11 Å². The van der Waals surface area contributed by atoms with Crippen LogP contribution in [0.3, 0.4) is 0 Å². The summed E-state index contributed by atoms with van der Waals surface area (Å²) in [5, 5.41) is 18.1. The Morgan fingerprint density at radius 3 is 1.48 bits per heavy atom. The highest BCUT2D eigenvalue weighted by atomic mass is 31.2. The lowest BCUT2D eigenvalue weighted by molar-refractivity contribution is -0.300. The van der Waals surface area contributed by atoms with E-state index in [0.29, 0.717) is 25.7 Å². The number of methoxy groups -OCH3 is 2. The van der Waals surface area contributed by atoms with Gasteiger partial charge in [-0.25, -0.2) is 4.57 Å². The minimum Gasteiger partial charge on any atom is -0.388 e. The number of phosphoric acid groups is 1. The lowest BCUT2D eigenvalue weighted by Crippen LogP contribution is -2.67. The van der Waals surface area contributed by atoms with Gasteiger partial charge in [0.25, 0.3) is 0 Å². The predicted molar refractivity (Wildman–Crippen MR) is 351 cm³/mol. The minimum absolute atomic E-state index is 0.0326. The molecule has 2 amide bonds. The lowest BCUT2D eigenvalue weighted by Gasteiger charge is -2.47. The average molecular weight is 1310 g/mol. The summed E-state index contributed by atoms with van der Waals surface area (Å²) in [6.45, 7) is 9.11. The first kappa shape index (κ1) is 83.4. The van der Waals surface area contributed by atoms with Gasteiger partial charge in [0.05, 0.1) is 25.7 Å². The number of nitrogens with one attached hydrogen (secondary N) is 2. The number of hydrogen-bond acceptors (Lipinski definition) is 15. The fraction of sp³-hybridized carbons (Fsp3) is 0.925. The molecule has 0 spiro atoms. The molecule has 2 aliphatic heterocycles. The zero-order chi connectivity index (χ0) is 65.4. The second kappa shape index (κ2) is 52.6. The number of carbonyl (C=O) groups is 3. The third kappa shape index (κ3) is 41.0. The number of ketones is 1. The number of unbranched alkanes of at least 4 members (excludes halogenated alkanes) is 30. The summed E-state index contributed by atoms with van der Waals surface area (Å²) in [6.07, 6.45) is 31.1. The number of phosphoric ester groups is 1. The first-order chi connectivity index (χ1) is 42.9. The molecule has 2 heterocycles. The van der Waals surface area contributed by atoms with Gasteiger partial charge in [-0.1, -0.05) is 220 Å². The molecule has 12 atom stereocenters. The number of allylic oxidation sites excluding steroid dienone is 2. The molecule has 0 aliphatic carbocycles. The number of carbonyl (C=O) groups excluding carboxylic acids is 3. The van der Waals surface area contributed by atoms with Crippen LogP contribution in [-0.4, -0.2) is 152 Å². The Balaban J connectivity index is 2.45. The van der Waals surface area contributed by atoms with Gasteiger partial charge in [0.2, 0.25) is 11.8 Å². The smallest absolute Gasteiger partial charge is 0.388 e. The monoisotopic (exact) mass is 1310 g/mol.